The van der Waals surface area contributed by atoms with Crippen LogP contribution in [0.3, 0.4) is 0 Å². The summed E-state index contributed by atoms with van der Waals surface area (Å²) in [6.45, 7) is 2.39. The molecule has 0 aliphatic carbocycles. The van der Waals surface area contributed by atoms with Crippen LogP contribution in [0.25, 0.3) is 11.3 Å². The summed E-state index contributed by atoms with van der Waals surface area (Å²) >= 11 is 0. The molecule has 3 aromatic rings. The molecule has 0 atom stereocenters. The number of methoxy groups -OCH3 is 1. The zero-order valence-corrected chi connectivity index (χ0v) is 17.8. The fourth-order valence-electron chi connectivity index (χ4n) is 3.51. The van der Waals surface area contributed by atoms with Crippen molar-refractivity contribution in [2.45, 2.75) is 0 Å². The van der Waals surface area contributed by atoms with Gasteiger partial charge in [-0.05, 0) is 48.5 Å². The third-order valence-corrected chi connectivity index (χ3v) is 5.35. The van der Waals surface area contributed by atoms with Crippen LogP contribution >= 0.6 is 0 Å². The molecule has 1 saturated heterocycles. The largest absolute Gasteiger partial charge is 0.497 e. The monoisotopic (exact) mass is 429 g/mol. The summed E-state index contributed by atoms with van der Waals surface area (Å²) in [4.78, 5) is 16.4. The van der Waals surface area contributed by atoms with Gasteiger partial charge in [-0.2, -0.15) is 5.26 Å². The molecule has 0 radical (unpaired) electrons. The molecule has 0 bridgehead atoms. The second kappa shape index (κ2) is 9.79. The Morgan fingerprint density at radius 3 is 2.41 bits per heavy atom. The number of nitrogens with zero attached hydrogens (tertiary/aromatic N) is 5. The number of nitriles is 1. The van der Waals surface area contributed by atoms with E-state index in [1.807, 2.05) is 36.4 Å². The zero-order valence-electron chi connectivity index (χ0n) is 17.8. The number of para-hydroxylation sites is 1. The number of hydrogen-bond donors (Lipinski definition) is 0. The molecule has 4 rings (SSSR count). The first-order valence-corrected chi connectivity index (χ1v) is 10.3. The Labute approximate surface area is 186 Å². The van der Waals surface area contributed by atoms with Crippen molar-refractivity contribution in [3.63, 3.8) is 0 Å². The van der Waals surface area contributed by atoms with Gasteiger partial charge in [-0.25, -0.2) is 0 Å². The van der Waals surface area contributed by atoms with Crippen LogP contribution in [0.2, 0.25) is 0 Å². The van der Waals surface area contributed by atoms with Crippen LogP contribution in [0.1, 0.15) is 5.56 Å². The molecule has 0 unspecified atom stereocenters. The fourth-order valence-corrected chi connectivity index (χ4v) is 3.51. The molecule has 2 heterocycles. The standard InChI is InChI=1S/C24H23N5O3/c1-31-20-8-6-18(7-9-20)21-10-11-23(27-26-21)28-12-14-29(15-13-28)24(30)17-32-22-5-3-2-4-19(22)16-25/h2-11H,12-15,17H2,1H3. The molecule has 1 fully saturated rings. The van der Waals surface area contributed by atoms with Crippen molar-refractivity contribution < 1.29 is 14.3 Å². The van der Waals surface area contributed by atoms with Gasteiger partial charge in [0.25, 0.3) is 5.91 Å². The molecule has 0 N–H and O–H groups in total. The number of carbonyl (C=O) groups excluding carboxylic acids is 1. The van der Waals surface area contributed by atoms with Gasteiger partial charge >= 0.3 is 0 Å². The minimum absolute atomic E-state index is 0.0882. The summed E-state index contributed by atoms with van der Waals surface area (Å²) in [6, 6.07) is 20.5. The first-order valence-electron chi connectivity index (χ1n) is 10.3. The molecule has 0 saturated carbocycles. The van der Waals surface area contributed by atoms with E-state index in [1.165, 1.54) is 0 Å². The second-order valence-corrected chi connectivity index (χ2v) is 7.27. The molecule has 1 aliphatic rings. The zero-order chi connectivity index (χ0) is 22.3. The predicted octanol–water partition coefficient (Wildman–Crippen LogP) is 2.75. The molecule has 8 heteroatoms. The maximum atomic E-state index is 12.5. The number of piperazine rings is 1. The quantitative estimate of drug-likeness (QED) is 0.595. The van der Waals surface area contributed by atoms with Crippen LogP contribution in [0.4, 0.5) is 5.82 Å². The van der Waals surface area contributed by atoms with Crippen molar-refractivity contribution >= 4 is 11.7 Å². The Kier molecular flexibility index (Phi) is 6.46. The van der Waals surface area contributed by atoms with E-state index in [0.717, 1.165) is 22.8 Å². The van der Waals surface area contributed by atoms with Gasteiger partial charge in [0.1, 0.15) is 17.6 Å². The Morgan fingerprint density at radius 1 is 1.00 bits per heavy atom. The molecular formula is C24H23N5O3. The first-order chi connectivity index (χ1) is 15.7. The van der Waals surface area contributed by atoms with E-state index in [2.05, 4.69) is 21.2 Å². The van der Waals surface area contributed by atoms with Crippen molar-refractivity contribution in [2.75, 3.05) is 44.8 Å². The highest BCUT2D eigenvalue weighted by Gasteiger charge is 2.22. The van der Waals surface area contributed by atoms with Crippen molar-refractivity contribution in [1.29, 1.82) is 5.26 Å². The first kappa shape index (κ1) is 21.1. The number of rotatable bonds is 6. The number of ether oxygens (including phenoxy) is 2. The van der Waals surface area contributed by atoms with Gasteiger partial charge in [0.2, 0.25) is 0 Å². The van der Waals surface area contributed by atoms with Crippen molar-refractivity contribution in [3.8, 4) is 28.8 Å². The average Bonchev–Trinajstić information content (AvgIpc) is 2.87. The maximum absolute atomic E-state index is 12.5. The predicted molar refractivity (Wildman–Crippen MR) is 119 cm³/mol. The lowest BCUT2D eigenvalue weighted by Crippen LogP contribution is -2.50. The van der Waals surface area contributed by atoms with Crippen molar-refractivity contribution in [2.24, 2.45) is 0 Å². The Morgan fingerprint density at radius 2 is 1.75 bits per heavy atom. The molecule has 1 aromatic heterocycles. The lowest BCUT2D eigenvalue weighted by atomic mass is 10.1. The number of anilines is 1. The van der Waals surface area contributed by atoms with E-state index < -0.39 is 0 Å². The van der Waals surface area contributed by atoms with Crippen molar-refractivity contribution in [1.82, 2.24) is 15.1 Å². The summed E-state index contributed by atoms with van der Waals surface area (Å²) in [6.07, 6.45) is 0. The van der Waals surface area contributed by atoms with Gasteiger partial charge in [-0.1, -0.05) is 12.1 Å². The molecular weight excluding hydrogens is 406 g/mol. The average molecular weight is 429 g/mol. The van der Waals surface area contributed by atoms with Crippen molar-refractivity contribution in [3.05, 3.63) is 66.2 Å². The van der Waals surface area contributed by atoms with E-state index in [4.69, 9.17) is 14.7 Å². The highest BCUT2D eigenvalue weighted by Crippen LogP contribution is 2.22. The number of amides is 1. The Balaban J connectivity index is 1.30. The van der Waals surface area contributed by atoms with E-state index in [9.17, 15) is 4.79 Å². The smallest absolute Gasteiger partial charge is 0.260 e. The van der Waals surface area contributed by atoms with Gasteiger partial charge in [0.15, 0.2) is 12.4 Å². The van der Waals surface area contributed by atoms with Crippen LogP contribution in [0, 0.1) is 11.3 Å². The summed E-state index contributed by atoms with van der Waals surface area (Å²) in [7, 11) is 1.64. The molecule has 1 amide bonds. The summed E-state index contributed by atoms with van der Waals surface area (Å²) < 4.78 is 10.8. The van der Waals surface area contributed by atoms with E-state index in [-0.39, 0.29) is 12.5 Å². The highest BCUT2D eigenvalue weighted by molar-refractivity contribution is 5.78. The highest BCUT2D eigenvalue weighted by atomic mass is 16.5. The van der Waals surface area contributed by atoms with E-state index in [1.54, 1.807) is 36.3 Å². The van der Waals surface area contributed by atoms with Crippen LogP contribution in [-0.4, -0.2) is 60.9 Å². The molecule has 32 heavy (non-hydrogen) atoms. The maximum Gasteiger partial charge on any atom is 0.260 e. The van der Waals surface area contributed by atoms with Gasteiger partial charge in [0, 0.05) is 31.7 Å². The normalized spacial score (nSPS) is 13.4. The van der Waals surface area contributed by atoms with E-state index in [0.29, 0.717) is 37.5 Å². The van der Waals surface area contributed by atoms with Crippen LogP contribution in [-0.2, 0) is 4.79 Å². The minimum Gasteiger partial charge on any atom is -0.497 e. The van der Waals surface area contributed by atoms with Gasteiger partial charge in [-0.15, -0.1) is 10.2 Å². The molecule has 8 nitrogen and oxygen atoms in total. The Hall–Kier alpha value is -4.12. The van der Waals surface area contributed by atoms with Crippen LogP contribution in [0.15, 0.2) is 60.7 Å². The molecule has 2 aromatic carbocycles. The number of benzene rings is 2. The third-order valence-electron chi connectivity index (χ3n) is 5.35. The third kappa shape index (κ3) is 4.78. The lowest BCUT2D eigenvalue weighted by molar-refractivity contribution is -0.133. The number of aromatic nitrogens is 2. The number of hydrogen-bond acceptors (Lipinski definition) is 7. The summed E-state index contributed by atoms with van der Waals surface area (Å²) in [5, 5.41) is 17.9. The minimum atomic E-state index is -0.0988. The van der Waals surface area contributed by atoms with Gasteiger partial charge in [0.05, 0.1) is 18.4 Å². The van der Waals surface area contributed by atoms with Crippen LogP contribution in [0.5, 0.6) is 11.5 Å². The SMILES string of the molecule is COc1ccc(-c2ccc(N3CCN(C(=O)COc4ccccc4C#N)CC3)nn2)cc1. The summed E-state index contributed by atoms with van der Waals surface area (Å²) in [5.41, 5.74) is 2.18. The molecule has 1 aliphatic heterocycles. The molecule has 162 valence electrons. The fraction of sp³-hybridized carbons (Fsp3) is 0.250. The topological polar surface area (TPSA) is 91.6 Å². The van der Waals surface area contributed by atoms with Gasteiger partial charge < -0.3 is 19.3 Å². The van der Waals surface area contributed by atoms with Crippen LogP contribution < -0.4 is 14.4 Å². The Bertz CT molecular complexity index is 1100. The number of carbonyl (C=O) groups is 1. The summed E-state index contributed by atoms with van der Waals surface area (Å²) in [5.74, 6) is 1.91. The molecule has 0 spiro atoms. The van der Waals surface area contributed by atoms with E-state index >= 15 is 0 Å². The van der Waals surface area contributed by atoms with Gasteiger partial charge in [-0.3, -0.25) is 4.79 Å². The second-order valence-electron chi connectivity index (χ2n) is 7.27. The lowest BCUT2D eigenvalue weighted by Gasteiger charge is -2.35.